The van der Waals surface area contributed by atoms with Crippen LogP contribution in [0.4, 0.5) is 4.39 Å². The first-order valence-corrected chi connectivity index (χ1v) is 7.57. The SMILES string of the molecule is CC(C)n1c(-c2cc(Cl)ccc2F)nnc1S(N)(=O)=O. The van der Waals surface area contributed by atoms with Crippen molar-refractivity contribution in [2.24, 2.45) is 5.14 Å². The molecule has 2 aromatic rings. The Kier molecular flexibility index (Phi) is 3.81. The summed E-state index contributed by atoms with van der Waals surface area (Å²) in [5.41, 5.74) is 0.0635. The molecule has 0 spiro atoms. The Labute approximate surface area is 120 Å². The van der Waals surface area contributed by atoms with Gasteiger partial charge in [-0.25, -0.2) is 17.9 Å². The predicted molar refractivity (Wildman–Crippen MR) is 72.2 cm³/mol. The largest absolute Gasteiger partial charge is 0.294 e. The molecular weight excluding hydrogens is 307 g/mol. The average molecular weight is 319 g/mol. The Morgan fingerprint density at radius 3 is 2.55 bits per heavy atom. The molecule has 9 heteroatoms. The first-order chi connectivity index (χ1) is 9.21. The van der Waals surface area contributed by atoms with Crippen molar-refractivity contribution in [1.29, 1.82) is 0 Å². The molecular formula is C11H12ClFN4O2S. The van der Waals surface area contributed by atoms with Crippen molar-refractivity contribution >= 4 is 21.6 Å². The highest BCUT2D eigenvalue weighted by atomic mass is 35.5. The Morgan fingerprint density at radius 2 is 2.00 bits per heavy atom. The van der Waals surface area contributed by atoms with E-state index in [-0.39, 0.29) is 17.4 Å². The number of hydrogen-bond donors (Lipinski definition) is 1. The van der Waals surface area contributed by atoms with Gasteiger partial charge in [0.15, 0.2) is 5.82 Å². The minimum Gasteiger partial charge on any atom is -0.294 e. The van der Waals surface area contributed by atoms with Crippen LogP contribution in [0, 0.1) is 5.82 Å². The first-order valence-electron chi connectivity index (χ1n) is 5.65. The number of halogens is 2. The Morgan fingerprint density at radius 1 is 1.35 bits per heavy atom. The van der Waals surface area contributed by atoms with E-state index < -0.39 is 21.0 Å². The van der Waals surface area contributed by atoms with E-state index in [2.05, 4.69) is 10.2 Å². The van der Waals surface area contributed by atoms with Crippen molar-refractivity contribution in [3.63, 3.8) is 0 Å². The average Bonchev–Trinajstić information content (AvgIpc) is 2.76. The van der Waals surface area contributed by atoms with E-state index in [0.717, 1.165) is 0 Å². The molecule has 2 N–H and O–H groups in total. The van der Waals surface area contributed by atoms with Crippen LogP contribution in [0.15, 0.2) is 23.4 Å². The maximum atomic E-state index is 13.9. The second kappa shape index (κ2) is 5.12. The molecule has 108 valence electrons. The van der Waals surface area contributed by atoms with Gasteiger partial charge in [-0.2, -0.15) is 0 Å². The number of nitrogens with two attached hydrogens (primary N) is 1. The van der Waals surface area contributed by atoms with Crippen LogP contribution in [-0.4, -0.2) is 23.2 Å². The van der Waals surface area contributed by atoms with E-state index in [0.29, 0.717) is 5.02 Å². The summed E-state index contributed by atoms with van der Waals surface area (Å²) in [6, 6.07) is 3.59. The van der Waals surface area contributed by atoms with E-state index in [4.69, 9.17) is 16.7 Å². The summed E-state index contributed by atoms with van der Waals surface area (Å²) in [7, 11) is -4.05. The van der Waals surface area contributed by atoms with Gasteiger partial charge in [-0.1, -0.05) is 11.6 Å². The molecule has 0 aliphatic carbocycles. The third-order valence-electron chi connectivity index (χ3n) is 2.60. The predicted octanol–water partition coefficient (Wildman–Crippen LogP) is 1.97. The highest BCUT2D eigenvalue weighted by Gasteiger charge is 2.25. The molecule has 0 amide bonds. The quantitative estimate of drug-likeness (QED) is 0.936. The number of hydrogen-bond acceptors (Lipinski definition) is 4. The van der Waals surface area contributed by atoms with Crippen molar-refractivity contribution < 1.29 is 12.8 Å². The second-order valence-corrected chi connectivity index (χ2v) is 6.33. The lowest BCUT2D eigenvalue weighted by Gasteiger charge is -2.13. The van der Waals surface area contributed by atoms with Crippen LogP contribution < -0.4 is 5.14 Å². The van der Waals surface area contributed by atoms with Crippen LogP contribution >= 0.6 is 11.6 Å². The summed E-state index contributed by atoms with van der Waals surface area (Å²) in [6.07, 6.45) is 0. The van der Waals surface area contributed by atoms with Crippen LogP contribution in [0.2, 0.25) is 5.02 Å². The molecule has 0 fully saturated rings. The van der Waals surface area contributed by atoms with E-state index in [1.54, 1.807) is 13.8 Å². The van der Waals surface area contributed by atoms with Crippen molar-refractivity contribution in [2.75, 3.05) is 0 Å². The lowest BCUT2D eigenvalue weighted by atomic mass is 10.2. The molecule has 1 heterocycles. The van der Waals surface area contributed by atoms with Crippen LogP contribution in [0.25, 0.3) is 11.4 Å². The number of benzene rings is 1. The molecule has 0 unspecified atom stereocenters. The van der Waals surface area contributed by atoms with Crippen LogP contribution in [0.5, 0.6) is 0 Å². The fourth-order valence-electron chi connectivity index (χ4n) is 1.79. The van der Waals surface area contributed by atoms with Crippen LogP contribution in [0.3, 0.4) is 0 Å². The number of rotatable bonds is 3. The number of aromatic nitrogens is 3. The fourth-order valence-corrected chi connectivity index (χ4v) is 2.69. The van der Waals surface area contributed by atoms with Gasteiger partial charge in [0.05, 0.1) is 5.56 Å². The standard InChI is InChI=1S/C11H12ClFN4O2S/c1-6(2)17-10(15-16-11(17)20(14,18)19)8-5-7(12)3-4-9(8)13/h3-6H,1-2H3,(H2,14,18,19). The normalized spacial score (nSPS) is 12.1. The molecule has 0 aliphatic rings. The van der Waals surface area contributed by atoms with Gasteiger partial charge in [0.25, 0.3) is 15.2 Å². The molecule has 1 aromatic carbocycles. The molecule has 0 saturated heterocycles. The maximum absolute atomic E-state index is 13.9. The summed E-state index contributed by atoms with van der Waals surface area (Å²) in [6.45, 7) is 3.42. The van der Waals surface area contributed by atoms with Gasteiger partial charge in [-0.05, 0) is 32.0 Å². The molecule has 6 nitrogen and oxygen atoms in total. The van der Waals surface area contributed by atoms with E-state index in [1.807, 2.05) is 0 Å². The van der Waals surface area contributed by atoms with Gasteiger partial charge < -0.3 is 0 Å². The fraction of sp³-hybridized carbons (Fsp3) is 0.273. The lowest BCUT2D eigenvalue weighted by Crippen LogP contribution is -2.20. The minimum absolute atomic E-state index is 0.0593. The summed E-state index contributed by atoms with van der Waals surface area (Å²) in [4.78, 5) is 0. The zero-order valence-corrected chi connectivity index (χ0v) is 12.3. The van der Waals surface area contributed by atoms with Crippen molar-refractivity contribution in [3.8, 4) is 11.4 Å². The van der Waals surface area contributed by atoms with Gasteiger partial charge in [0.1, 0.15) is 5.82 Å². The van der Waals surface area contributed by atoms with E-state index in [9.17, 15) is 12.8 Å². The van der Waals surface area contributed by atoms with Crippen molar-refractivity contribution in [2.45, 2.75) is 25.0 Å². The van der Waals surface area contributed by atoms with Crippen LogP contribution in [0.1, 0.15) is 19.9 Å². The molecule has 0 saturated carbocycles. The van der Waals surface area contributed by atoms with Crippen molar-refractivity contribution in [3.05, 3.63) is 29.0 Å². The zero-order valence-electron chi connectivity index (χ0n) is 10.7. The van der Waals surface area contributed by atoms with Crippen molar-refractivity contribution in [1.82, 2.24) is 14.8 Å². The number of nitrogens with zero attached hydrogens (tertiary/aromatic N) is 3. The molecule has 0 aliphatic heterocycles. The molecule has 1 aromatic heterocycles. The third-order valence-corrected chi connectivity index (χ3v) is 3.63. The van der Waals surface area contributed by atoms with Crippen LogP contribution in [-0.2, 0) is 10.0 Å². The van der Waals surface area contributed by atoms with Gasteiger partial charge in [0, 0.05) is 11.1 Å². The van der Waals surface area contributed by atoms with Gasteiger partial charge in [0.2, 0.25) is 0 Å². The lowest BCUT2D eigenvalue weighted by molar-refractivity contribution is 0.523. The summed E-state index contributed by atoms with van der Waals surface area (Å²) in [5.74, 6) is -0.520. The molecule has 20 heavy (non-hydrogen) atoms. The molecule has 0 radical (unpaired) electrons. The molecule has 0 bridgehead atoms. The minimum atomic E-state index is -4.05. The van der Waals surface area contributed by atoms with E-state index in [1.165, 1.54) is 22.8 Å². The molecule has 0 atom stereocenters. The monoisotopic (exact) mass is 318 g/mol. The zero-order chi connectivity index (χ0) is 15.1. The summed E-state index contributed by atoms with van der Waals surface area (Å²) < 4.78 is 38.1. The Balaban J connectivity index is 2.76. The maximum Gasteiger partial charge on any atom is 0.273 e. The summed E-state index contributed by atoms with van der Waals surface area (Å²) in [5, 5.41) is 12.2. The second-order valence-electron chi connectivity index (χ2n) is 4.44. The van der Waals surface area contributed by atoms with E-state index >= 15 is 0 Å². The van der Waals surface area contributed by atoms with Gasteiger partial charge in [-0.3, -0.25) is 4.57 Å². The highest BCUT2D eigenvalue weighted by molar-refractivity contribution is 7.89. The number of primary sulfonamides is 1. The smallest absolute Gasteiger partial charge is 0.273 e. The third kappa shape index (κ3) is 2.67. The molecule has 2 rings (SSSR count). The highest BCUT2D eigenvalue weighted by Crippen LogP contribution is 2.28. The summed E-state index contributed by atoms with van der Waals surface area (Å²) >= 11 is 5.83. The van der Waals surface area contributed by atoms with Gasteiger partial charge >= 0.3 is 0 Å². The topological polar surface area (TPSA) is 90.9 Å². The Hall–Kier alpha value is -1.51. The number of sulfonamides is 1. The first kappa shape index (κ1) is 14.9. The van der Waals surface area contributed by atoms with Gasteiger partial charge in [-0.15, -0.1) is 10.2 Å². The Bertz CT molecular complexity index is 758.